The molecule has 1 unspecified atom stereocenters. The second kappa shape index (κ2) is 5.13. The average Bonchev–Trinajstić information content (AvgIpc) is 2.26. The number of halogens is 1. The van der Waals surface area contributed by atoms with Gasteiger partial charge >= 0.3 is 0 Å². The van der Waals surface area contributed by atoms with Crippen molar-refractivity contribution in [3.05, 3.63) is 28.8 Å². The third-order valence-corrected chi connectivity index (χ3v) is 4.41. The van der Waals surface area contributed by atoms with Crippen molar-refractivity contribution in [1.82, 2.24) is 0 Å². The zero-order valence-corrected chi connectivity index (χ0v) is 10.5. The van der Waals surface area contributed by atoms with Crippen LogP contribution in [-0.4, -0.2) is 17.5 Å². The number of rotatable bonds is 2. The Morgan fingerprint density at radius 3 is 3.07 bits per heavy atom. The van der Waals surface area contributed by atoms with Crippen LogP contribution in [0.25, 0.3) is 0 Å². The molecule has 1 N–H and O–H groups in total. The van der Waals surface area contributed by atoms with Gasteiger partial charge in [-0.15, -0.1) is 0 Å². The van der Waals surface area contributed by atoms with E-state index in [1.54, 1.807) is 0 Å². The molecule has 0 saturated carbocycles. The second-order valence-electron chi connectivity index (χ2n) is 3.97. The molecule has 0 aliphatic carbocycles. The van der Waals surface area contributed by atoms with Crippen LogP contribution in [0.5, 0.6) is 0 Å². The average molecular weight is 242 g/mol. The molecule has 15 heavy (non-hydrogen) atoms. The fourth-order valence-corrected chi connectivity index (χ4v) is 3.08. The number of anilines is 1. The lowest BCUT2D eigenvalue weighted by atomic mass is 10.1. The van der Waals surface area contributed by atoms with E-state index in [9.17, 15) is 0 Å². The summed E-state index contributed by atoms with van der Waals surface area (Å²) in [7, 11) is 0. The van der Waals surface area contributed by atoms with E-state index in [1.807, 2.05) is 23.9 Å². The highest BCUT2D eigenvalue weighted by atomic mass is 35.5. The number of hydrogen-bond acceptors (Lipinski definition) is 2. The van der Waals surface area contributed by atoms with Gasteiger partial charge in [-0.2, -0.15) is 11.8 Å². The Balaban J connectivity index is 2.06. The van der Waals surface area contributed by atoms with Crippen LogP contribution in [0, 0.1) is 6.92 Å². The summed E-state index contributed by atoms with van der Waals surface area (Å²) in [5.41, 5.74) is 2.35. The molecule has 82 valence electrons. The van der Waals surface area contributed by atoms with Crippen molar-refractivity contribution < 1.29 is 0 Å². The fraction of sp³-hybridized carbons (Fsp3) is 0.500. The molecule has 1 aliphatic heterocycles. The standard InChI is InChI=1S/C12H16ClNS/c1-9-11(13)5-2-6-12(9)14-10-4-3-7-15-8-10/h2,5-6,10,14H,3-4,7-8H2,1H3. The minimum atomic E-state index is 0.612. The SMILES string of the molecule is Cc1c(Cl)cccc1NC1CCCSC1. The quantitative estimate of drug-likeness (QED) is 0.841. The van der Waals surface area contributed by atoms with E-state index in [4.69, 9.17) is 11.6 Å². The summed E-state index contributed by atoms with van der Waals surface area (Å²) in [6.45, 7) is 2.07. The molecular formula is C12H16ClNS. The summed E-state index contributed by atoms with van der Waals surface area (Å²) in [6, 6.07) is 6.67. The van der Waals surface area contributed by atoms with Crippen LogP contribution in [0.3, 0.4) is 0 Å². The molecule has 0 bridgehead atoms. The first-order valence-electron chi connectivity index (χ1n) is 5.37. The molecular weight excluding hydrogens is 226 g/mol. The van der Waals surface area contributed by atoms with Gasteiger partial charge in [0.1, 0.15) is 0 Å². The molecule has 0 amide bonds. The van der Waals surface area contributed by atoms with Crippen molar-refractivity contribution in [2.24, 2.45) is 0 Å². The highest BCUT2D eigenvalue weighted by Gasteiger charge is 2.14. The Hall–Kier alpha value is -0.340. The van der Waals surface area contributed by atoms with Crippen molar-refractivity contribution in [2.45, 2.75) is 25.8 Å². The summed E-state index contributed by atoms with van der Waals surface area (Å²) < 4.78 is 0. The van der Waals surface area contributed by atoms with Crippen LogP contribution in [0.4, 0.5) is 5.69 Å². The highest BCUT2D eigenvalue weighted by Crippen LogP contribution is 2.26. The van der Waals surface area contributed by atoms with E-state index in [0.29, 0.717) is 6.04 Å². The van der Waals surface area contributed by atoms with Gasteiger partial charge in [0.25, 0.3) is 0 Å². The van der Waals surface area contributed by atoms with Crippen LogP contribution in [0.1, 0.15) is 18.4 Å². The number of nitrogens with one attached hydrogen (secondary N) is 1. The Bertz CT molecular complexity index is 334. The van der Waals surface area contributed by atoms with Crippen molar-refractivity contribution in [2.75, 3.05) is 16.8 Å². The molecule has 1 fully saturated rings. The van der Waals surface area contributed by atoms with Crippen molar-refractivity contribution in [3.8, 4) is 0 Å². The first-order chi connectivity index (χ1) is 7.27. The molecule has 1 heterocycles. The zero-order valence-electron chi connectivity index (χ0n) is 8.92. The van der Waals surface area contributed by atoms with E-state index >= 15 is 0 Å². The molecule has 1 atom stereocenters. The van der Waals surface area contributed by atoms with Crippen molar-refractivity contribution >= 4 is 29.1 Å². The third kappa shape index (κ3) is 2.82. The van der Waals surface area contributed by atoms with Crippen molar-refractivity contribution in [1.29, 1.82) is 0 Å². The predicted octanol–water partition coefficient (Wildman–Crippen LogP) is 3.96. The number of benzene rings is 1. The maximum absolute atomic E-state index is 6.09. The van der Waals surface area contributed by atoms with Gasteiger partial charge in [0, 0.05) is 22.5 Å². The Kier molecular flexibility index (Phi) is 3.81. The van der Waals surface area contributed by atoms with Crippen molar-refractivity contribution in [3.63, 3.8) is 0 Å². The lowest BCUT2D eigenvalue weighted by Gasteiger charge is -2.24. The molecule has 1 aromatic carbocycles. The molecule has 0 aromatic heterocycles. The third-order valence-electron chi connectivity index (χ3n) is 2.79. The molecule has 2 rings (SSSR count). The minimum absolute atomic E-state index is 0.612. The summed E-state index contributed by atoms with van der Waals surface area (Å²) in [5.74, 6) is 2.53. The lowest BCUT2D eigenvalue weighted by molar-refractivity contribution is 0.684. The topological polar surface area (TPSA) is 12.0 Å². The molecule has 1 aliphatic rings. The fourth-order valence-electron chi connectivity index (χ4n) is 1.84. The molecule has 3 heteroatoms. The maximum Gasteiger partial charge on any atom is 0.0455 e. The van der Waals surface area contributed by atoms with E-state index in [0.717, 1.165) is 10.6 Å². The summed E-state index contributed by atoms with van der Waals surface area (Å²) in [6.07, 6.45) is 2.60. The van der Waals surface area contributed by atoms with Gasteiger partial charge in [0.15, 0.2) is 0 Å². The number of hydrogen-bond donors (Lipinski definition) is 1. The summed E-state index contributed by atoms with van der Waals surface area (Å²) >= 11 is 8.12. The Labute approximate surface area is 101 Å². The van der Waals surface area contributed by atoms with E-state index < -0.39 is 0 Å². The summed E-state index contributed by atoms with van der Waals surface area (Å²) in [5, 5.41) is 4.44. The first-order valence-corrected chi connectivity index (χ1v) is 6.90. The van der Waals surface area contributed by atoms with Gasteiger partial charge in [-0.3, -0.25) is 0 Å². The van der Waals surface area contributed by atoms with Crippen LogP contribution in [-0.2, 0) is 0 Å². The van der Waals surface area contributed by atoms with Gasteiger partial charge in [-0.25, -0.2) is 0 Å². The lowest BCUT2D eigenvalue weighted by Crippen LogP contribution is -2.26. The first kappa shape index (κ1) is 11.2. The summed E-state index contributed by atoms with van der Waals surface area (Å²) in [4.78, 5) is 0. The van der Waals surface area contributed by atoms with Gasteiger partial charge in [-0.1, -0.05) is 17.7 Å². The minimum Gasteiger partial charge on any atom is -0.381 e. The molecule has 0 radical (unpaired) electrons. The molecule has 0 spiro atoms. The van der Waals surface area contributed by atoms with Gasteiger partial charge in [-0.05, 0) is 43.2 Å². The van der Waals surface area contributed by atoms with Crippen LogP contribution in [0.2, 0.25) is 5.02 Å². The molecule has 1 aromatic rings. The molecule has 1 nitrogen and oxygen atoms in total. The second-order valence-corrected chi connectivity index (χ2v) is 5.53. The number of thioether (sulfide) groups is 1. The van der Waals surface area contributed by atoms with Gasteiger partial charge in [0.05, 0.1) is 0 Å². The normalized spacial score (nSPS) is 21.3. The van der Waals surface area contributed by atoms with E-state index in [1.165, 1.54) is 30.0 Å². The smallest absolute Gasteiger partial charge is 0.0455 e. The monoisotopic (exact) mass is 241 g/mol. The zero-order chi connectivity index (χ0) is 10.7. The maximum atomic E-state index is 6.09. The Morgan fingerprint density at radius 1 is 1.47 bits per heavy atom. The van der Waals surface area contributed by atoms with Crippen LogP contribution in [0.15, 0.2) is 18.2 Å². The van der Waals surface area contributed by atoms with Gasteiger partial charge < -0.3 is 5.32 Å². The predicted molar refractivity (Wildman–Crippen MR) is 70.2 cm³/mol. The van der Waals surface area contributed by atoms with E-state index in [2.05, 4.69) is 18.3 Å². The largest absolute Gasteiger partial charge is 0.381 e. The van der Waals surface area contributed by atoms with Crippen LogP contribution < -0.4 is 5.32 Å². The van der Waals surface area contributed by atoms with E-state index in [-0.39, 0.29) is 0 Å². The Morgan fingerprint density at radius 2 is 2.33 bits per heavy atom. The molecule has 1 saturated heterocycles. The van der Waals surface area contributed by atoms with Gasteiger partial charge in [0.2, 0.25) is 0 Å². The highest BCUT2D eigenvalue weighted by molar-refractivity contribution is 7.99. The van der Waals surface area contributed by atoms with Crippen LogP contribution >= 0.6 is 23.4 Å².